The van der Waals surface area contributed by atoms with Gasteiger partial charge in [-0.25, -0.2) is 13.9 Å². The third-order valence-electron chi connectivity index (χ3n) is 2.34. The Bertz CT molecular complexity index is 616. The summed E-state index contributed by atoms with van der Waals surface area (Å²) in [5.74, 6) is -2.23. The van der Waals surface area contributed by atoms with Crippen LogP contribution in [0.3, 0.4) is 0 Å². The molecule has 0 spiro atoms. The van der Waals surface area contributed by atoms with Crippen LogP contribution >= 0.6 is 11.8 Å². The smallest absolute Gasteiger partial charge is 0.216 e. The van der Waals surface area contributed by atoms with Crippen LogP contribution in [-0.4, -0.2) is 26.2 Å². The molecular formula is C11H10F2N4OS. The van der Waals surface area contributed by atoms with E-state index in [0.29, 0.717) is 5.16 Å². The molecule has 1 aromatic heterocycles. The highest BCUT2D eigenvalue weighted by atomic mass is 32.2. The standard InChI is InChI=1S/C11H10F2N4OS/c1-5(19-11-15-10(14)16-17-11)9(18)6-2-3-7(12)8(13)4-6/h2-5H,1H3,(H3,14,15,16,17). The number of rotatable bonds is 4. The first kappa shape index (κ1) is 13.5. The van der Waals surface area contributed by atoms with Crippen molar-refractivity contribution in [3.63, 3.8) is 0 Å². The number of nitrogens with zero attached hydrogens (tertiary/aromatic N) is 2. The minimum absolute atomic E-state index is 0.0995. The van der Waals surface area contributed by atoms with Crippen molar-refractivity contribution in [1.29, 1.82) is 0 Å². The Balaban J connectivity index is 2.12. The number of nitrogens with two attached hydrogens (primary N) is 1. The van der Waals surface area contributed by atoms with Gasteiger partial charge in [0.1, 0.15) is 0 Å². The van der Waals surface area contributed by atoms with Crippen molar-refractivity contribution in [3.05, 3.63) is 35.4 Å². The van der Waals surface area contributed by atoms with Gasteiger partial charge in [0.25, 0.3) is 0 Å². The quantitative estimate of drug-likeness (QED) is 0.663. The van der Waals surface area contributed by atoms with Gasteiger partial charge >= 0.3 is 0 Å². The minimum atomic E-state index is -1.05. The van der Waals surface area contributed by atoms with Gasteiger partial charge in [-0.1, -0.05) is 11.8 Å². The molecule has 0 aliphatic rings. The Kier molecular flexibility index (Phi) is 3.79. The summed E-state index contributed by atoms with van der Waals surface area (Å²) in [6, 6.07) is 3.04. The highest BCUT2D eigenvalue weighted by Gasteiger charge is 2.19. The maximum atomic E-state index is 13.1. The third kappa shape index (κ3) is 3.08. The molecule has 1 unspecified atom stereocenters. The summed E-state index contributed by atoms with van der Waals surface area (Å²) in [7, 11) is 0. The van der Waals surface area contributed by atoms with E-state index in [1.807, 2.05) is 0 Å². The number of benzene rings is 1. The normalized spacial score (nSPS) is 12.4. The number of halogens is 2. The van der Waals surface area contributed by atoms with Crippen LogP contribution in [0.1, 0.15) is 17.3 Å². The zero-order chi connectivity index (χ0) is 14.0. The highest BCUT2D eigenvalue weighted by molar-refractivity contribution is 8.00. The summed E-state index contributed by atoms with van der Waals surface area (Å²) in [4.78, 5) is 15.9. The number of aromatic nitrogens is 3. The van der Waals surface area contributed by atoms with Gasteiger partial charge < -0.3 is 5.73 Å². The van der Waals surface area contributed by atoms with E-state index in [2.05, 4.69) is 15.2 Å². The second kappa shape index (κ2) is 5.35. The fourth-order valence-electron chi connectivity index (χ4n) is 1.41. The van der Waals surface area contributed by atoms with Gasteiger partial charge in [-0.05, 0) is 25.1 Å². The van der Waals surface area contributed by atoms with E-state index in [-0.39, 0.29) is 17.3 Å². The van der Waals surface area contributed by atoms with E-state index in [4.69, 9.17) is 5.73 Å². The van der Waals surface area contributed by atoms with Crippen LogP contribution in [0.2, 0.25) is 0 Å². The zero-order valence-electron chi connectivity index (χ0n) is 9.85. The number of aromatic amines is 1. The summed E-state index contributed by atoms with van der Waals surface area (Å²) >= 11 is 1.08. The van der Waals surface area contributed by atoms with E-state index in [0.717, 1.165) is 23.9 Å². The van der Waals surface area contributed by atoms with Crippen LogP contribution < -0.4 is 5.73 Å². The second-order valence-corrected chi connectivity index (χ2v) is 5.06. The van der Waals surface area contributed by atoms with Crippen LogP contribution in [0.4, 0.5) is 14.7 Å². The van der Waals surface area contributed by atoms with Gasteiger partial charge in [-0.15, -0.1) is 5.10 Å². The number of carbonyl (C=O) groups excluding carboxylic acids is 1. The Labute approximate surface area is 111 Å². The van der Waals surface area contributed by atoms with Gasteiger partial charge in [0.2, 0.25) is 11.1 Å². The number of nitrogens with one attached hydrogen (secondary N) is 1. The average Bonchev–Trinajstić information content (AvgIpc) is 2.77. The van der Waals surface area contributed by atoms with E-state index in [1.165, 1.54) is 6.07 Å². The topological polar surface area (TPSA) is 84.7 Å². The molecule has 1 aromatic carbocycles. The van der Waals surface area contributed by atoms with Crippen molar-refractivity contribution < 1.29 is 13.6 Å². The number of carbonyl (C=O) groups is 1. The van der Waals surface area contributed by atoms with E-state index < -0.39 is 16.9 Å². The van der Waals surface area contributed by atoms with E-state index >= 15 is 0 Å². The average molecular weight is 284 g/mol. The predicted octanol–water partition coefficient (Wildman–Crippen LogP) is 2.03. The lowest BCUT2D eigenvalue weighted by Crippen LogP contribution is -2.14. The van der Waals surface area contributed by atoms with Crippen LogP contribution in [0, 0.1) is 11.6 Å². The van der Waals surface area contributed by atoms with Crippen molar-refractivity contribution in [2.75, 3.05) is 5.73 Å². The number of hydrogen-bond acceptors (Lipinski definition) is 5. The van der Waals surface area contributed by atoms with Gasteiger partial charge in [-0.2, -0.15) is 4.98 Å². The fourth-order valence-corrected chi connectivity index (χ4v) is 2.22. The summed E-state index contributed by atoms with van der Waals surface area (Å²) in [5.41, 5.74) is 5.46. The summed E-state index contributed by atoms with van der Waals surface area (Å²) < 4.78 is 25.8. The largest absolute Gasteiger partial charge is 0.368 e. The van der Waals surface area contributed by atoms with Crippen LogP contribution in [0.5, 0.6) is 0 Å². The molecule has 0 fully saturated rings. The Morgan fingerprint density at radius 3 is 2.74 bits per heavy atom. The molecule has 0 radical (unpaired) electrons. The van der Waals surface area contributed by atoms with Crippen LogP contribution in [-0.2, 0) is 0 Å². The lowest BCUT2D eigenvalue weighted by molar-refractivity contribution is 0.0993. The van der Waals surface area contributed by atoms with Crippen molar-refractivity contribution in [3.8, 4) is 0 Å². The Morgan fingerprint density at radius 2 is 2.16 bits per heavy atom. The molecule has 0 bridgehead atoms. The molecule has 3 N–H and O–H groups in total. The number of H-pyrrole nitrogens is 1. The van der Waals surface area contributed by atoms with Crippen molar-refractivity contribution in [1.82, 2.24) is 15.2 Å². The molecule has 2 aromatic rings. The first-order chi connectivity index (χ1) is 8.97. The van der Waals surface area contributed by atoms with E-state index in [9.17, 15) is 13.6 Å². The lowest BCUT2D eigenvalue weighted by atomic mass is 10.1. The Hall–Kier alpha value is -1.96. The molecule has 1 atom stereocenters. The van der Waals surface area contributed by atoms with Crippen LogP contribution in [0.15, 0.2) is 23.4 Å². The number of nitrogen functional groups attached to an aromatic ring is 1. The SMILES string of the molecule is CC(Sc1n[nH]c(N)n1)C(=O)c1ccc(F)c(F)c1. The number of ketones is 1. The second-order valence-electron chi connectivity index (χ2n) is 3.76. The number of thioether (sulfide) groups is 1. The zero-order valence-corrected chi connectivity index (χ0v) is 10.7. The molecule has 0 aliphatic carbocycles. The van der Waals surface area contributed by atoms with Gasteiger partial charge in [0, 0.05) is 5.56 Å². The monoisotopic (exact) mass is 284 g/mol. The molecule has 1 heterocycles. The molecular weight excluding hydrogens is 274 g/mol. The fraction of sp³-hybridized carbons (Fsp3) is 0.182. The van der Waals surface area contributed by atoms with E-state index in [1.54, 1.807) is 6.92 Å². The Morgan fingerprint density at radius 1 is 1.42 bits per heavy atom. The molecule has 2 rings (SSSR count). The molecule has 0 saturated carbocycles. The molecule has 0 aliphatic heterocycles. The summed E-state index contributed by atoms with van der Waals surface area (Å²) in [6.45, 7) is 1.63. The maximum Gasteiger partial charge on any atom is 0.216 e. The molecule has 0 amide bonds. The molecule has 8 heteroatoms. The van der Waals surface area contributed by atoms with Crippen molar-refractivity contribution in [2.45, 2.75) is 17.3 Å². The first-order valence-electron chi connectivity index (χ1n) is 5.31. The molecule has 19 heavy (non-hydrogen) atoms. The van der Waals surface area contributed by atoms with Crippen molar-refractivity contribution >= 4 is 23.5 Å². The highest BCUT2D eigenvalue weighted by Crippen LogP contribution is 2.23. The number of anilines is 1. The van der Waals surface area contributed by atoms with Gasteiger partial charge in [0.15, 0.2) is 17.4 Å². The molecule has 0 saturated heterocycles. The number of hydrogen-bond donors (Lipinski definition) is 2. The predicted molar refractivity (Wildman–Crippen MR) is 66.8 cm³/mol. The van der Waals surface area contributed by atoms with Crippen molar-refractivity contribution in [2.24, 2.45) is 0 Å². The van der Waals surface area contributed by atoms with Crippen LogP contribution in [0.25, 0.3) is 0 Å². The van der Waals surface area contributed by atoms with Gasteiger partial charge in [0.05, 0.1) is 5.25 Å². The third-order valence-corrected chi connectivity index (χ3v) is 3.30. The number of Topliss-reactive ketones (excluding diaryl/α,β-unsaturated/α-hetero) is 1. The maximum absolute atomic E-state index is 13.1. The minimum Gasteiger partial charge on any atom is -0.368 e. The molecule has 100 valence electrons. The molecule has 5 nitrogen and oxygen atoms in total. The lowest BCUT2D eigenvalue weighted by Gasteiger charge is -2.07. The first-order valence-corrected chi connectivity index (χ1v) is 6.19. The summed E-state index contributed by atoms with van der Waals surface area (Å²) in [5, 5.41) is 6.00. The van der Waals surface area contributed by atoms with Gasteiger partial charge in [-0.3, -0.25) is 4.79 Å². The summed E-state index contributed by atoms with van der Waals surface area (Å²) in [6.07, 6.45) is 0.